The zero-order chi connectivity index (χ0) is 19.1. The van der Waals surface area contributed by atoms with Crippen LogP contribution in [-0.4, -0.2) is 27.0 Å². The summed E-state index contributed by atoms with van der Waals surface area (Å²) in [5.41, 5.74) is -1.34. The van der Waals surface area contributed by atoms with Gasteiger partial charge in [0.25, 0.3) is 0 Å². The third-order valence-corrected chi connectivity index (χ3v) is 9.97. The van der Waals surface area contributed by atoms with E-state index < -0.39 is 16.6 Å². The van der Waals surface area contributed by atoms with Crippen molar-refractivity contribution in [3.63, 3.8) is 0 Å². The fourth-order valence-electron chi connectivity index (χ4n) is 8.18. The minimum atomic E-state index is -1.01. The molecule has 0 bridgehead atoms. The van der Waals surface area contributed by atoms with Gasteiger partial charge < -0.3 is 19.7 Å². The van der Waals surface area contributed by atoms with Crippen molar-refractivity contribution >= 4 is 0 Å². The van der Waals surface area contributed by atoms with Gasteiger partial charge in [0.2, 0.25) is 0 Å². The topological polar surface area (TPSA) is 73.8 Å². The summed E-state index contributed by atoms with van der Waals surface area (Å²) in [6, 6.07) is 1.86. The van der Waals surface area contributed by atoms with Crippen molar-refractivity contribution in [1.29, 1.82) is 0 Å². The molecule has 0 spiro atoms. The van der Waals surface area contributed by atoms with E-state index in [1.165, 1.54) is 0 Å². The van der Waals surface area contributed by atoms with Gasteiger partial charge in [0, 0.05) is 11.0 Å². The fourth-order valence-corrected chi connectivity index (χ4v) is 8.18. The van der Waals surface area contributed by atoms with E-state index >= 15 is 0 Å². The fraction of sp³-hybridized carbons (Fsp3) is 0.826. The summed E-state index contributed by atoms with van der Waals surface area (Å²) in [7, 11) is 0. The molecule has 1 aromatic rings. The minimum absolute atomic E-state index is 0.144. The minimum Gasteiger partial charge on any atom is -0.472 e. The van der Waals surface area contributed by atoms with E-state index in [9.17, 15) is 15.3 Å². The molecule has 4 nitrogen and oxygen atoms in total. The van der Waals surface area contributed by atoms with Crippen LogP contribution in [0.25, 0.3) is 0 Å². The van der Waals surface area contributed by atoms with Crippen molar-refractivity contribution < 1.29 is 19.7 Å². The molecule has 8 unspecified atom stereocenters. The maximum atomic E-state index is 12.1. The molecule has 0 amide bonds. The number of rotatable bonds is 1. The predicted molar refractivity (Wildman–Crippen MR) is 102 cm³/mol. The van der Waals surface area contributed by atoms with E-state index in [1.807, 2.05) is 6.07 Å². The first-order chi connectivity index (χ1) is 12.7. The van der Waals surface area contributed by atoms with Crippen LogP contribution in [0.3, 0.4) is 0 Å². The third kappa shape index (κ3) is 2.10. The lowest BCUT2D eigenvalue weighted by atomic mass is 9.43. The van der Waals surface area contributed by atoms with Gasteiger partial charge in [-0.2, -0.15) is 0 Å². The molecule has 0 aromatic carbocycles. The molecular formula is C23H34O4. The van der Waals surface area contributed by atoms with E-state index in [-0.39, 0.29) is 17.4 Å². The average Bonchev–Trinajstić information content (AvgIpc) is 3.24. The second-order valence-electron chi connectivity index (χ2n) is 10.6. The molecule has 4 heteroatoms. The summed E-state index contributed by atoms with van der Waals surface area (Å²) in [4.78, 5) is 0. The Balaban J connectivity index is 1.52. The van der Waals surface area contributed by atoms with Crippen LogP contribution in [0.4, 0.5) is 0 Å². The molecule has 4 aliphatic carbocycles. The van der Waals surface area contributed by atoms with E-state index in [4.69, 9.17) is 4.42 Å². The maximum absolute atomic E-state index is 12.1. The Morgan fingerprint density at radius 3 is 2.52 bits per heavy atom. The molecule has 0 radical (unpaired) electrons. The lowest BCUT2D eigenvalue weighted by Gasteiger charge is -2.64. The zero-order valence-corrected chi connectivity index (χ0v) is 16.7. The molecule has 8 atom stereocenters. The van der Waals surface area contributed by atoms with Gasteiger partial charge in [0.1, 0.15) is 5.60 Å². The number of aliphatic hydroxyl groups excluding tert-OH is 1. The van der Waals surface area contributed by atoms with E-state index in [0.29, 0.717) is 24.7 Å². The molecule has 4 saturated carbocycles. The van der Waals surface area contributed by atoms with Crippen molar-refractivity contribution in [1.82, 2.24) is 0 Å². The van der Waals surface area contributed by atoms with Crippen molar-refractivity contribution in [2.24, 2.45) is 28.6 Å². The Morgan fingerprint density at radius 2 is 1.78 bits per heavy atom. The first kappa shape index (κ1) is 18.2. The third-order valence-electron chi connectivity index (χ3n) is 9.97. The average molecular weight is 375 g/mol. The lowest BCUT2D eigenvalue weighted by molar-refractivity contribution is -0.238. The SMILES string of the molecule is CC12CCC(O)CC1CCC1C2CCC2(C)C(O)(c3ccoc3)CCC12O. The monoisotopic (exact) mass is 374 g/mol. The molecule has 1 aromatic heterocycles. The Bertz CT molecular complexity index is 716. The quantitative estimate of drug-likeness (QED) is 0.695. The first-order valence-electron chi connectivity index (χ1n) is 10.9. The maximum Gasteiger partial charge on any atom is 0.101 e. The van der Waals surface area contributed by atoms with Gasteiger partial charge in [0.15, 0.2) is 0 Å². The second-order valence-corrected chi connectivity index (χ2v) is 10.6. The Morgan fingerprint density at radius 1 is 0.963 bits per heavy atom. The highest BCUT2D eigenvalue weighted by molar-refractivity contribution is 5.30. The highest BCUT2D eigenvalue weighted by atomic mass is 16.3. The molecule has 4 fully saturated rings. The van der Waals surface area contributed by atoms with Crippen LogP contribution in [0.1, 0.15) is 77.2 Å². The number of aliphatic hydroxyl groups is 3. The molecule has 5 rings (SSSR count). The molecule has 3 N–H and O–H groups in total. The largest absolute Gasteiger partial charge is 0.472 e. The standard InChI is InChI=1S/C23H34O4/c1-20-8-5-17(24)13-15(20)3-4-19-18(20)6-9-21(2)22(25,10-11-23(19,21)26)16-7-12-27-14-16/h7,12,14-15,17-19,24-26H,3-6,8-11,13H2,1-2H3. The van der Waals surface area contributed by atoms with E-state index in [1.54, 1.807) is 12.5 Å². The lowest BCUT2D eigenvalue weighted by Crippen LogP contribution is -2.64. The Labute approximate surface area is 162 Å². The van der Waals surface area contributed by atoms with Gasteiger partial charge in [0.05, 0.1) is 24.2 Å². The van der Waals surface area contributed by atoms with Crippen LogP contribution in [-0.2, 0) is 5.60 Å². The van der Waals surface area contributed by atoms with Gasteiger partial charge in [-0.3, -0.25) is 0 Å². The van der Waals surface area contributed by atoms with Crippen LogP contribution in [0, 0.1) is 28.6 Å². The summed E-state index contributed by atoms with van der Waals surface area (Å²) >= 11 is 0. The summed E-state index contributed by atoms with van der Waals surface area (Å²) in [5.74, 6) is 1.31. The van der Waals surface area contributed by atoms with Crippen LogP contribution < -0.4 is 0 Å². The van der Waals surface area contributed by atoms with Crippen molar-refractivity contribution in [3.05, 3.63) is 24.2 Å². The molecule has 4 aliphatic rings. The molecule has 27 heavy (non-hydrogen) atoms. The second kappa shape index (κ2) is 5.61. The van der Waals surface area contributed by atoms with Crippen LogP contribution in [0.2, 0.25) is 0 Å². The zero-order valence-electron chi connectivity index (χ0n) is 16.7. The number of fused-ring (bicyclic) bond motifs is 5. The van der Waals surface area contributed by atoms with Gasteiger partial charge in [-0.25, -0.2) is 0 Å². The Kier molecular flexibility index (Phi) is 3.78. The molecule has 1 heterocycles. The normalized spacial score (nSPS) is 54.9. The predicted octanol–water partition coefficient (Wildman–Crippen LogP) is 3.99. The van der Waals surface area contributed by atoms with E-state index in [2.05, 4.69) is 13.8 Å². The first-order valence-corrected chi connectivity index (χ1v) is 10.9. The van der Waals surface area contributed by atoms with E-state index in [0.717, 1.165) is 50.5 Å². The van der Waals surface area contributed by atoms with Gasteiger partial charge in [-0.05, 0) is 87.0 Å². The number of hydrogen-bond acceptors (Lipinski definition) is 4. The highest BCUT2D eigenvalue weighted by Gasteiger charge is 2.72. The van der Waals surface area contributed by atoms with Crippen molar-refractivity contribution in [2.75, 3.05) is 0 Å². The van der Waals surface area contributed by atoms with Gasteiger partial charge in [-0.1, -0.05) is 13.8 Å². The Hall–Kier alpha value is -0.840. The van der Waals surface area contributed by atoms with Crippen molar-refractivity contribution in [3.8, 4) is 0 Å². The molecule has 0 aliphatic heterocycles. The summed E-state index contributed by atoms with van der Waals surface area (Å²) < 4.78 is 5.29. The smallest absolute Gasteiger partial charge is 0.101 e. The number of hydrogen-bond donors (Lipinski definition) is 3. The van der Waals surface area contributed by atoms with Crippen LogP contribution in [0.5, 0.6) is 0 Å². The highest BCUT2D eigenvalue weighted by Crippen LogP contribution is 2.71. The summed E-state index contributed by atoms with van der Waals surface area (Å²) in [5, 5.41) is 34.0. The molecule has 0 saturated heterocycles. The van der Waals surface area contributed by atoms with Gasteiger partial charge >= 0.3 is 0 Å². The van der Waals surface area contributed by atoms with Crippen molar-refractivity contribution in [2.45, 2.75) is 88.9 Å². The molecular weight excluding hydrogens is 340 g/mol. The van der Waals surface area contributed by atoms with Gasteiger partial charge in [-0.15, -0.1) is 0 Å². The molecule has 150 valence electrons. The van der Waals surface area contributed by atoms with Crippen LogP contribution >= 0.6 is 0 Å². The summed E-state index contributed by atoms with van der Waals surface area (Å²) in [6.45, 7) is 4.53. The van der Waals surface area contributed by atoms with Crippen LogP contribution in [0.15, 0.2) is 23.0 Å². The summed E-state index contributed by atoms with van der Waals surface area (Å²) in [6.07, 6.45) is 11.3. The number of furan rings is 1.